The number of benzene rings is 2. The number of carbonyl (C=O) groups is 1. The van der Waals surface area contributed by atoms with E-state index < -0.39 is 0 Å². The first kappa shape index (κ1) is 15.7. The molecule has 1 N–H and O–H groups in total. The number of carbonyl (C=O) groups excluding carboxylic acids is 1. The van der Waals surface area contributed by atoms with Crippen LogP contribution in [0.1, 0.15) is 15.9 Å². The van der Waals surface area contributed by atoms with Crippen LogP contribution in [0.2, 0.25) is 0 Å². The molecule has 24 heavy (non-hydrogen) atoms. The van der Waals surface area contributed by atoms with E-state index in [2.05, 4.69) is 27.3 Å². The van der Waals surface area contributed by atoms with E-state index in [1.165, 1.54) is 5.56 Å². The summed E-state index contributed by atoms with van der Waals surface area (Å²) < 4.78 is 0. The standard InChI is InChI=1S/C20H19N3O/c1-23(15-16-8-4-2-5-9-16)19-12-17(13-21-14-19)20(24)22-18-10-6-3-7-11-18/h2-14H,15H2,1H3,(H,22,24). The molecule has 1 amide bonds. The van der Waals surface area contributed by atoms with Crippen molar-refractivity contribution in [1.82, 2.24) is 4.98 Å². The van der Waals surface area contributed by atoms with Gasteiger partial charge in [-0.2, -0.15) is 0 Å². The van der Waals surface area contributed by atoms with Crippen molar-refractivity contribution in [2.75, 3.05) is 17.3 Å². The van der Waals surface area contributed by atoms with Gasteiger partial charge in [-0.1, -0.05) is 48.5 Å². The van der Waals surface area contributed by atoms with Crippen LogP contribution in [0, 0.1) is 0 Å². The number of nitrogens with zero attached hydrogens (tertiary/aromatic N) is 2. The number of nitrogens with one attached hydrogen (secondary N) is 1. The van der Waals surface area contributed by atoms with E-state index in [0.29, 0.717) is 5.56 Å². The van der Waals surface area contributed by atoms with Gasteiger partial charge in [-0.25, -0.2) is 0 Å². The highest BCUT2D eigenvalue weighted by Crippen LogP contribution is 2.17. The number of para-hydroxylation sites is 1. The minimum Gasteiger partial charge on any atom is -0.369 e. The van der Waals surface area contributed by atoms with Crippen LogP contribution >= 0.6 is 0 Å². The average Bonchev–Trinajstić information content (AvgIpc) is 2.63. The molecule has 0 aliphatic carbocycles. The topological polar surface area (TPSA) is 45.2 Å². The highest BCUT2D eigenvalue weighted by molar-refractivity contribution is 6.04. The second-order valence-corrected chi connectivity index (χ2v) is 5.59. The van der Waals surface area contributed by atoms with Gasteiger partial charge in [0.2, 0.25) is 0 Å². The lowest BCUT2D eigenvalue weighted by Crippen LogP contribution is -2.18. The van der Waals surface area contributed by atoms with Gasteiger partial charge in [-0.3, -0.25) is 9.78 Å². The van der Waals surface area contributed by atoms with Crippen LogP contribution in [0.5, 0.6) is 0 Å². The minimum atomic E-state index is -0.163. The van der Waals surface area contributed by atoms with Gasteiger partial charge in [0.15, 0.2) is 0 Å². The van der Waals surface area contributed by atoms with Crippen LogP contribution < -0.4 is 10.2 Å². The molecule has 1 aromatic heterocycles. The highest BCUT2D eigenvalue weighted by Gasteiger charge is 2.10. The molecule has 2 aromatic carbocycles. The largest absolute Gasteiger partial charge is 0.369 e. The molecule has 0 saturated heterocycles. The molecule has 0 fully saturated rings. The van der Waals surface area contributed by atoms with Gasteiger partial charge in [0.05, 0.1) is 17.4 Å². The van der Waals surface area contributed by atoms with Crippen molar-refractivity contribution in [2.45, 2.75) is 6.54 Å². The molecule has 0 bridgehead atoms. The van der Waals surface area contributed by atoms with Gasteiger partial charge >= 0.3 is 0 Å². The van der Waals surface area contributed by atoms with Crippen molar-refractivity contribution < 1.29 is 4.79 Å². The summed E-state index contributed by atoms with van der Waals surface area (Å²) in [6.45, 7) is 0.756. The second-order valence-electron chi connectivity index (χ2n) is 5.59. The van der Waals surface area contributed by atoms with Gasteiger partial charge in [0.25, 0.3) is 5.91 Å². The molecule has 120 valence electrons. The second kappa shape index (κ2) is 7.42. The van der Waals surface area contributed by atoms with Crippen LogP contribution in [0.15, 0.2) is 79.1 Å². The predicted molar refractivity (Wildman–Crippen MR) is 97.2 cm³/mol. The molecule has 0 spiro atoms. The summed E-state index contributed by atoms with van der Waals surface area (Å²) in [6, 6.07) is 21.5. The number of amides is 1. The lowest BCUT2D eigenvalue weighted by molar-refractivity contribution is 0.102. The number of pyridine rings is 1. The van der Waals surface area contributed by atoms with Gasteiger partial charge in [-0.05, 0) is 23.8 Å². The zero-order chi connectivity index (χ0) is 16.8. The zero-order valence-corrected chi connectivity index (χ0v) is 13.5. The Kier molecular flexibility index (Phi) is 4.87. The van der Waals surface area contributed by atoms with Crippen LogP contribution in [-0.2, 0) is 6.54 Å². The lowest BCUT2D eigenvalue weighted by atomic mass is 10.2. The molecule has 1 heterocycles. The number of rotatable bonds is 5. The molecular weight excluding hydrogens is 298 g/mol. The molecule has 0 radical (unpaired) electrons. The van der Waals surface area contributed by atoms with Crippen LogP contribution in [0.3, 0.4) is 0 Å². The molecule has 0 aliphatic heterocycles. The maximum absolute atomic E-state index is 12.4. The Balaban J connectivity index is 1.72. The van der Waals surface area contributed by atoms with E-state index in [1.807, 2.05) is 61.6 Å². The fraction of sp³-hybridized carbons (Fsp3) is 0.100. The van der Waals surface area contributed by atoms with Gasteiger partial charge in [0.1, 0.15) is 0 Å². The van der Waals surface area contributed by atoms with Crippen molar-refractivity contribution in [3.63, 3.8) is 0 Å². The fourth-order valence-corrected chi connectivity index (χ4v) is 2.43. The molecule has 0 unspecified atom stereocenters. The summed E-state index contributed by atoms with van der Waals surface area (Å²) in [7, 11) is 1.99. The first-order chi connectivity index (χ1) is 11.7. The van der Waals surface area contributed by atoms with E-state index in [-0.39, 0.29) is 5.91 Å². The molecule has 0 saturated carbocycles. The molecule has 3 aromatic rings. The predicted octanol–water partition coefficient (Wildman–Crippen LogP) is 3.97. The van der Waals surface area contributed by atoms with E-state index in [0.717, 1.165) is 17.9 Å². The van der Waals surface area contributed by atoms with Crippen molar-refractivity contribution in [3.05, 3.63) is 90.3 Å². The minimum absolute atomic E-state index is 0.163. The smallest absolute Gasteiger partial charge is 0.257 e. The Morgan fingerprint density at radius 2 is 1.67 bits per heavy atom. The maximum atomic E-state index is 12.4. The van der Waals surface area contributed by atoms with E-state index >= 15 is 0 Å². The molecule has 4 heteroatoms. The van der Waals surface area contributed by atoms with Gasteiger partial charge in [-0.15, -0.1) is 0 Å². The Morgan fingerprint density at radius 1 is 1.00 bits per heavy atom. The highest BCUT2D eigenvalue weighted by atomic mass is 16.1. The Hall–Kier alpha value is -3.14. The van der Waals surface area contributed by atoms with Crippen LogP contribution in [0.25, 0.3) is 0 Å². The summed E-state index contributed by atoms with van der Waals surface area (Å²) in [6.07, 6.45) is 3.35. The van der Waals surface area contributed by atoms with Gasteiger partial charge in [0, 0.05) is 25.5 Å². The first-order valence-corrected chi connectivity index (χ1v) is 7.79. The van der Waals surface area contributed by atoms with Crippen molar-refractivity contribution >= 4 is 17.3 Å². The van der Waals surface area contributed by atoms with E-state index in [1.54, 1.807) is 12.4 Å². The monoisotopic (exact) mass is 317 g/mol. The third kappa shape index (κ3) is 3.98. The summed E-state index contributed by atoms with van der Waals surface area (Å²) in [5.74, 6) is -0.163. The zero-order valence-electron chi connectivity index (χ0n) is 13.5. The average molecular weight is 317 g/mol. The summed E-state index contributed by atoms with van der Waals surface area (Å²) in [5, 5.41) is 2.88. The van der Waals surface area contributed by atoms with Crippen LogP contribution in [0.4, 0.5) is 11.4 Å². The van der Waals surface area contributed by atoms with Crippen molar-refractivity contribution in [3.8, 4) is 0 Å². The molecular formula is C20H19N3O. The maximum Gasteiger partial charge on any atom is 0.257 e. The lowest BCUT2D eigenvalue weighted by Gasteiger charge is -2.19. The molecule has 0 aliphatic rings. The molecule has 4 nitrogen and oxygen atoms in total. The third-order valence-electron chi connectivity index (χ3n) is 3.72. The fourth-order valence-electron chi connectivity index (χ4n) is 2.43. The summed E-state index contributed by atoms with van der Waals surface area (Å²) in [5.41, 5.74) is 3.42. The number of hydrogen-bond acceptors (Lipinski definition) is 3. The number of hydrogen-bond donors (Lipinski definition) is 1. The number of anilines is 2. The number of aromatic nitrogens is 1. The van der Waals surface area contributed by atoms with E-state index in [9.17, 15) is 4.79 Å². The quantitative estimate of drug-likeness (QED) is 0.774. The Labute approximate surface area is 141 Å². The third-order valence-corrected chi connectivity index (χ3v) is 3.72. The SMILES string of the molecule is CN(Cc1ccccc1)c1cncc(C(=O)Nc2ccccc2)c1. The summed E-state index contributed by atoms with van der Waals surface area (Å²) in [4.78, 5) is 18.7. The van der Waals surface area contributed by atoms with Crippen LogP contribution in [-0.4, -0.2) is 17.9 Å². The Morgan fingerprint density at radius 3 is 2.38 bits per heavy atom. The molecule has 0 atom stereocenters. The summed E-state index contributed by atoms with van der Waals surface area (Å²) >= 11 is 0. The van der Waals surface area contributed by atoms with Gasteiger partial charge < -0.3 is 10.2 Å². The van der Waals surface area contributed by atoms with Crippen molar-refractivity contribution in [1.29, 1.82) is 0 Å². The van der Waals surface area contributed by atoms with E-state index in [4.69, 9.17) is 0 Å². The normalized spacial score (nSPS) is 10.2. The van der Waals surface area contributed by atoms with Crippen molar-refractivity contribution in [2.24, 2.45) is 0 Å². The first-order valence-electron chi connectivity index (χ1n) is 7.79. The molecule has 3 rings (SSSR count). The Bertz CT molecular complexity index is 803.